The first kappa shape index (κ1) is 61.1. The Hall–Kier alpha value is -9.45. The topological polar surface area (TPSA) is 228 Å². The molecule has 4 fully saturated rings. The van der Waals surface area contributed by atoms with Gasteiger partial charge in [-0.1, -0.05) is 27.2 Å². The molecule has 12 aromatic heterocycles. The number of aromatic nitrogens is 16. The van der Waals surface area contributed by atoms with E-state index in [1.165, 1.54) is 19.3 Å². The van der Waals surface area contributed by atoms with Crippen LogP contribution in [0.2, 0.25) is 0 Å². The highest BCUT2D eigenvalue weighted by molar-refractivity contribution is 5.69. The Bertz CT molecular complexity index is 4980. The minimum Gasteiger partial charge on any atom is -0.367 e. The number of hydrogen-bond donors (Lipinski definition) is 1. The van der Waals surface area contributed by atoms with Crippen molar-refractivity contribution in [1.29, 1.82) is 0 Å². The maximum atomic E-state index is 13.2. The predicted molar refractivity (Wildman–Crippen MR) is 361 cm³/mol. The maximum absolute atomic E-state index is 13.2. The van der Waals surface area contributed by atoms with Crippen LogP contribution in [0.25, 0.3) is 67.7 Å². The lowest BCUT2D eigenvalue weighted by Crippen LogP contribution is -2.57. The second kappa shape index (κ2) is 25.6. The summed E-state index contributed by atoms with van der Waals surface area (Å²) in [5.41, 5.74) is 17.3. The highest BCUT2D eigenvalue weighted by atomic mass is 16.1. The SMILES string of the molecule is CCc1cc(-c2cc(=O)n3cc(N4CCN(C5CCC5)[C@@H](C)C4)ccc3n2)cn2cc(C)nc12.CCc1nc(C)cn2nc(-c3cc(=O)n4cc(C5CCN(C)CC5)ncc4n3)cc12.CCc1nc(C)cn2nc(-c3cc(=O)n4cc(C5CCNCC5)ncc4n3)cc12. The number of nitrogens with zero attached hydrogens (tertiary/aromatic N) is 19. The molecular weight excluding hydrogens is 1170 g/mol. The van der Waals surface area contributed by atoms with Gasteiger partial charge in [0.2, 0.25) is 0 Å². The van der Waals surface area contributed by atoms with E-state index in [1.54, 1.807) is 43.8 Å². The van der Waals surface area contributed by atoms with E-state index in [9.17, 15) is 14.4 Å². The predicted octanol–water partition coefficient (Wildman–Crippen LogP) is 8.56. The molecule has 478 valence electrons. The van der Waals surface area contributed by atoms with Crippen molar-refractivity contribution >= 4 is 39.3 Å². The van der Waals surface area contributed by atoms with Crippen LogP contribution in [0.15, 0.2) is 119 Å². The molecule has 1 N–H and O–H groups in total. The van der Waals surface area contributed by atoms with Crippen molar-refractivity contribution in [1.82, 2.24) is 91.8 Å². The molecule has 15 heterocycles. The second-order valence-electron chi connectivity index (χ2n) is 25.7. The molecule has 0 spiro atoms. The van der Waals surface area contributed by atoms with E-state index in [4.69, 9.17) is 4.98 Å². The van der Waals surface area contributed by atoms with Gasteiger partial charge in [-0.15, -0.1) is 0 Å². The van der Waals surface area contributed by atoms with Crippen LogP contribution in [0, 0.1) is 20.8 Å². The van der Waals surface area contributed by atoms with Crippen LogP contribution >= 0.6 is 0 Å². The van der Waals surface area contributed by atoms with Crippen molar-refractivity contribution in [3.05, 3.63) is 181 Å². The molecule has 3 saturated heterocycles. The summed E-state index contributed by atoms with van der Waals surface area (Å²) in [6, 6.07) is 16.1. The summed E-state index contributed by atoms with van der Waals surface area (Å²) in [6.45, 7) is 21.7. The fraction of sp³-hybridized carbons (Fsp3) is 0.414. The van der Waals surface area contributed by atoms with E-state index in [0.29, 0.717) is 63.3 Å². The van der Waals surface area contributed by atoms with Gasteiger partial charge in [-0.05, 0) is 155 Å². The fourth-order valence-electron chi connectivity index (χ4n) is 13.9. The summed E-state index contributed by atoms with van der Waals surface area (Å²) < 4.78 is 10.6. The Morgan fingerprint density at radius 1 is 0.527 bits per heavy atom. The first-order valence-corrected chi connectivity index (χ1v) is 33.1. The van der Waals surface area contributed by atoms with Gasteiger partial charge in [0.1, 0.15) is 22.7 Å². The third kappa shape index (κ3) is 12.3. The lowest BCUT2D eigenvalue weighted by atomic mass is 9.89. The largest absolute Gasteiger partial charge is 0.367 e. The monoisotopic (exact) mass is 1250 g/mol. The number of hydrogen-bond acceptors (Lipinski definition) is 17. The average Bonchev–Trinajstić information content (AvgIpc) is 1.80. The van der Waals surface area contributed by atoms with Gasteiger partial charge in [-0.3, -0.25) is 52.4 Å². The minimum absolute atomic E-state index is 0.0528. The standard InChI is InChI=1S/C27H32N6O.C22H25N7O.C21H23N7O/c1-4-20-12-21(16-31-14-18(2)28-27(20)31)24-13-26(34)33-17-23(8-9-25(33)29-24)30-10-11-32(19(3)15-30)22-6-5-7-22;1-4-16-20-9-18(26-29(20)12-14(2)24-16)17-10-22(30)28-13-19(23-11-21(28)25-17)15-5-7-27(3)8-6-15;1-3-15-19-8-17(26-28(19)11-13(2)24-15)16-9-21(29)27-12-18(23-10-20(27)25-16)14-4-6-22-7-5-14/h8-9,12-14,16-17,19,22H,4-7,10-11,15H2,1-3H3;9-13,15H,4-8H2,1-3H3;8-12,14,22H,3-7H2,1-2H3/t19-;;/m0../s1. The molecule has 23 nitrogen and oxygen atoms in total. The summed E-state index contributed by atoms with van der Waals surface area (Å²) in [5, 5.41) is 12.6. The van der Waals surface area contributed by atoms with Gasteiger partial charge in [-0.2, -0.15) is 10.2 Å². The quantitative estimate of drug-likeness (QED) is 0.135. The third-order valence-corrected chi connectivity index (χ3v) is 19.2. The number of pyridine rings is 2. The van der Waals surface area contributed by atoms with E-state index in [2.05, 4.69) is 112 Å². The summed E-state index contributed by atoms with van der Waals surface area (Å²) in [7, 11) is 2.14. The molecule has 12 aromatic rings. The average molecular weight is 1250 g/mol. The molecule has 0 amide bonds. The number of fused-ring (bicyclic) bond motifs is 6. The van der Waals surface area contributed by atoms with Crippen LogP contribution in [-0.2, 0) is 19.3 Å². The highest BCUT2D eigenvalue weighted by Gasteiger charge is 2.33. The molecule has 3 aliphatic heterocycles. The smallest absolute Gasteiger partial charge is 0.258 e. The molecule has 0 unspecified atom stereocenters. The summed E-state index contributed by atoms with van der Waals surface area (Å²) >= 11 is 0. The molecular formula is C70H80N20O3. The number of likely N-dealkylation sites (tertiary alicyclic amines) is 1. The zero-order valence-corrected chi connectivity index (χ0v) is 54.4. The van der Waals surface area contributed by atoms with E-state index < -0.39 is 0 Å². The molecule has 1 saturated carbocycles. The Morgan fingerprint density at radius 3 is 1.62 bits per heavy atom. The summed E-state index contributed by atoms with van der Waals surface area (Å²) in [5.74, 6) is 0.771. The molecule has 1 aliphatic carbocycles. The van der Waals surface area contributed by atoms with Gasteiger partial charge in [0, 0.05) is 98.3 Å². The van der Waals surface area contributed by atoms with Crippen molar-refractivity contribution in [2.45, 2.75) is 137 Å². The third-order valence-electron chi connectivity index (χ3n) is 19.2. The van der Waals surface area contributed by atoms with Crippen LogP contribution in [0.4, 0.5) is 5.69 Å². The first-order valence-electron chi connectivity index (χ1n) is 33.1. The number of anilines is 1. The van der Waals surface area contributed by atoms with Crippen LogP contribution in [0.3, 0.4) is 0 Å². The Kier molecular flexibility index (Phi) is 16.8. The lowest BCUT2D eigenvalue weighted by Gasteiger charge is -2.47. The Balaban J connectivity index is 0.000000121. The normalized spacial score (nSPS) is 17.2. The van der Waals surface area contributed by atoms with Crippen LogP contribution in [-0.4, -0.2) is 151 Å². The number of nitrogens with one attached hydrogen (secondary N) is 1. The van der Waals surface area contributed by atoms with E-state index >= 15 is 0 Å². The van der Waals surface area contributed by atoms with Crippen LogP contribution < -0.4 is 26.9 Å². The molecule has 0 aromatic carbocycles. The molecule has 0 radical (unpaired) electrons. The summed E-state index contributed by atoms with van der Waals surface area (Å²) in [4.78, 5) is 83.5. The van der Waals surface area contributed by atoms with Crippen LogP contribution in [0.1, 0.15) is 130 Å². The minimum atomic E-state index is -0.121. The maximum Gasteiger partial charge on any atom is 0.258 e. The van der Waals surface area contributed by atoms with E-state index in [0.717, 1.165) is 170 Å². The summed E-state index contributed by atoms with van der Waals surface area (Å²) in [6.07, 6.45) is 27.6. The van der Waals surface area contributed by atoms with Crippen molar-refractivity contribution in [3.63, 3.8) is 0 Å². The van der Waals surface area contributed by atoms with Crippen molar-refractivity contribution in [2.24, 2.45) is 0 Å². The fourth-order valence-corrected chi connectivity index (χ4v) is 13.9. The van der Waals surface area contributed by atoms with E-state index in [-0.39, 0.29) is 16.7 Å². The van der Waals surface area contributed by atoms with E-state index in [1.807, 2.05) is 95.8 Å². The van der Waals surface area contributed by atoms with Crippen molar-refractivity contribution in [3.8, 4) is 34.0 Å². The molecule has 16 rings (SSSR count). The Labute approximate surface area is 537 Å². The van der Waals surface area contributed by atoms with Crippen molar-refractivity contribution in [2.75, 3.05) is 57.8 Å². The van der Waals surface area contributed by atoms with Gasteiger partial charge in [0.05, 0.1) is 98.4 Å². The van der Waals surface area contributed by atoms with Crippen molar-refractivity contribution < 1.29 is 0 Å². The molecule has 93 heavy (non-hydrogen) atoms. The molecule has 23 heteroatoms. The number of piperidine rings is 2. The van der Waals surface area contributed by atoms with Gasteiger partial charge in [0.25, 0.3) is 16.7 Å². The van der Waals surface area contributed by atoms with Gasteiger partial charge < -0.3 is 19.5 Å². The van der Waals surface area contributed by atoms with Gasteiger partial charge in [-0.25, -0.2) is 29.0 Å². The zero-order valence-electron chi connectivity index (χ0n) is 54.4. The molecule has 0 bridgehead atoms. The highest BCUT2D eigenvalue weighted by Crippen LogP contribution is 2.32. The molecule has 1 atom stereocenters. The molecule has 4 aliphatic rings. The van der Waals surface area contributed by atoms with Crippen LogP contribution in [0.5, 0.6) is 0 Å². The number of rotatable bonds is 10. The van der Waals surface area contributed by atoms with Gasteiger partial charge in [0.15, 0.2) is 11.3 Å². The Morgan fingerprint density at radius 2 is 1.08 bits per heavy atom. The number of aryl methyl sites for hydroxylation is 6. The zero-order chi connectivity index (χ0) is 64.2. The van der Waals surface area contributed by atoms with Gasteiger partial charge >= 0.3 is 0 Å². The second-order valence-corrected chi connectivity index (χ2v) is 25.7. The number of imidazole rings is 1. The lowest BCUT2D eigenvalue weighted by molar-refractivity contribution is 0.0775. The first-order chi connectivity index (χ1) is 45.1. The number of piperazine rings is 1.